The molecule has 11 heavy (non-hydrogen) atoms. The molecule has 0 spiro atoms. The summed E-state index contributed by atoms with van der Waals surface area (Å²) in [7, 11) is 0. The molecule has 1 heterocycles. The number of hydrogen-bond acceptors (Lipinski definition) is 4. The van der Waals surface area contributed by atoms with Gasteiger partial charge in [-0.15, -0.1) is 0 Å². The Balaban J connectivity index is 2.87. The summed E-state index contributed by atoms with van der Waals surface area (Å²) in [6, 6.07) is 0. The van der Waals surface area contributed by atoms with Gasteiger partial charge in [0.25, 0.3) is 0 Å². The topological polar surface area (TPSA) is 66.8 Å². The van der Waals surface area contributed by atoms with E-state index in [9.17, 15) is 4.79 Å². The van der Waals surface area contributed by atoms with Crippen molar-refractivity contribution in [1.29, 1.82) is 0 Å². The van der Waals surface area contributed by atoms with Crippen LogP contribution < -0.4 is 0 Å². The minimum absolute atomic E-state index is 0.0782. The molecule has 0 saturated carbocycles. The van der Waals surface area contributed by atoms with Crippen molar-refractivity contribution in [2.75, 3.05) is 0 Å². The smallest absolute Gasteiger partial charge is 0.336 e. The van der Waals surface area contributed by atoms with E-state index in [1.165, 1.54) is 16.7 Å². The van der Waals surface area contributed by atoms with E-state index in [1.807, 2.05) is 0 Å². The van der Waals surface area contributed by atoms with E-state index in [-0.39, 0.29) is 12.2 Å². The number of aromatic carboxylic acids is 1. The summed E-state index contributed by atoms with van der Waals surface area (Å²) in [6.45, 7) is -0.0782. The Labute approximate surface area is 66.6 Å². The van der Waals surface area contributed by atoms with E-state index in [2.05, 4.69) is 4.89 Å². The SMILES string of the molecule is O=C(O)c1cscc1COO. The van der Waals surface area contributed by atoms with Gasteiger partial charge in [-0.1, -0.05) is 0 Å². The normalized spacial score (nSPS) is 9.91. The molecule has 0 fully saturated rings. The zero-order valence-electron chi connectivity index (χ0n) is 5.48. The van der Waals surface area contributed by atoms with E-state index in [4.69, 9.17) is 10.4 Å². The fraction of sp³-hybridized carbons (Fsp3) is 0.167. The van der Waals surface area contributed by atoms with E-state index in [0.717, 1.165) is 0 Å². The molecule has 0 aliphatic rings. The maximum absolute atomic E-state index is 10.4. The maximum Gasteiger partial charge on any atom is 0.336 e. The van der Waals surface area contributed by atoms with Crippen molar-refractivity contribution in [3.8, 4) is 0 Å². The molecule has 4 nitrogen and oxygen atoms in total. The largest absolute Gasteiger partial charge is 0.478 e. The predicted molar refractivity (Wildman–Crippen MR) is 38.7 cm³/mol. The molecule has 0 unspecified atom stereocenters. The molecule has 60 valence electrons. The van der Waals surface area contributed by atoms with Crippen LogP contribution in [0.25, 0.3) is 0 Å². The highest BCUT2D eigenvalue weighted by molar-refractivity contribution is 7.08. The van der Waals surface area contributed by atoms with Crippen LogP contribution in [-0.4, -0.2) is 16.3 Å². The van der Waals surface area contributed by atoms with Crippen LogP contribution in [-0.2, 0) is 11.5 Å². The molecule has 1 aromatic heterocycles. The van der Waals surface area contributed by atoms with Crippen LogP contribution in [0, 0.1) is 0 Å². The first kappa shape index (κ1) is 8.19. The Bertz CT molecular complexity index is 255. The van der Waals surface area contributed by atoms with Gasteiger partial charge in [0.05, 0.1) is 5.56 Å². The van der Waals surface area contributed by atoms with Crippen molar-refractivity contribution >= 4 is 17.3 Å². The Morgan fingerprint density at radius 3 is 2.91 bits per heavy atom. The van der Waals surface area contributed by atoms with Gasteiger partial charge in [0.2, 0.25) is 0 Å². The third-order valence-corrected chi connectivity index (χ3v) is 1.98. The lowest BCUT2D eigenvalue weighted by molar-refractivity contribution is -0.252. The molecule has 0 amide bonds. The molecule has 0 radical (unpaired) electrons. The van der Waals surface area contributed by atoms with Crippen molar-refractivity contribution < 1.29 is 20.0 Å². The highest BCUT2D eigenvalue weighted by Gasteiger charge is 2.10. The van der Waals surface area contributed by atoms with Gasteiger partial charge in [-0.2, -0.15) is 11.3 Å². The van der Waals surface area contributed by atoms with Gasteiger partial charge in [0.1, 0.15) is 6.61 Å². The molecule has 5 heteroatoms. The van der Waals surface area contributed by atoms with E-state index in [1.54, 1.807) is 5.38 Å². The predicted octanol–water partition coefficient (Wildman–Crippen LogP) is 1.44. The summed E-state index contributed by atoms with van der Waals surface area (Å²) in [5.74, 6) is -1.00. The van der Waals surface area contributed by atoms with Gasteiger partial charge in [-0.25, -0.2) is 9.68 Å². The average Bonchev–Trinajstić information content (AvgIpc) is 2.36. The second-order valence-electron chi connectivity index (χ2n) is 1.89. The summed E-state index contributed by atoms with van der Waals surface area (Å²) in [5, 5.41) is 19.7. The van der Waals surface area contributed by atoms with Crippen LogP contribution >= 0.6 is 11.3 Å². The van der Waals surface area contributed by atoms with Crippen molar-refractivity contribution in [3.63, 3.8) is 0 Å². The molecule has 0 saturated heterocycles. The zero-order chi connectivity index (χ0) is 8.27. The second kappa shape index (κ2) is 3.47. The summed E-state index contributed by atoms with van der Waals surface area (Å²) in [6.07, 6.45) is 0. The fourth-order valence-electron chi connectivity index (χ4n) is 0.692. The minimum Gasteiger partial charge on any atom is -0.478 e. The van der Waals surface area contributed by atoms with Gasteiger partial charge in [0.15, 0.2) is 0 Å². The monoisotopic (exact) mass is 174 g/mol. The number of carboxylic acid groups (broad SMARTS) is 1. The molecule has 0 atom stereocenters. The summed E-state index contributed by atoms with van der Waals surface area (Å²) in [5.41, 5.74) is 0.675. The van der Waals surface area contributed by atoms with Crippen LogP contribution in [0.2, 0.25) is 0 Å². The summed E-state index contributed by atoms with van der Waals surface area (Å²) >= 11 is 1.26. The number of carboxylic acids is 1. The van der Waals surface area contributed by atoms with E-state index in [0.29, 0.717) is 5.56 Å². The molecular formula is C6H6O4S. The molecular weight excluding hydrogens is 168 g/mol. The first-order chi connectivity index (χ1) is 5.25. The molecule has 0 aliphatic carbocycles. The second-order valence-corrected chi connectivity index (χ2v) is 2.63. The van der Waals surface area contributed by atoms with Crippen molar-refractivity contribution in [3.05, 3.63) is 21.9 Å². The fourth-order valence-corrected chi connectivity index (χ4v) is 1.51. The third-order valence-electron chi connectivity index (χ3n) is 1.19. The molecule has 0 aliphatic heterocycles. The Morgan fingerprint density at radius 1 is 1.64 bits per heavy atom. The maximum atomic E-state index is 10.4. The zero-order valence-corrected chi connectivity index (χ0v) is 6.30. The quantitative estimate of drug-likeness (QED) is 0.537. The van der Waals surface area contributed by atoms with Gasteiger partial charge < -0.3 is 5.11 Å². The highest BCUT2D eigenvalue weighted by Crippen LogP contribution is 2.15. The lowest BCUT2D eigenvalue weighted by atomic mass is 10.2. The van der Waals surface area contributed by atoms with E-state index < -0.39 is 5.97 Å². The molecule has 0 aromatic carbocycles. The summed E-state index contributed by atoms with van der Waals surface area (Å²) < 4.78 is 0. The Hall–Kier alpha value is -0.910. The van der Waals surface area contributed by atoms with Gasteiger partial charge in [0, 0.05) is 10.9 Å². The number of carbonyl (C=O) groups is 1. The Morgan fingerprint density at radius 2 is 2.36 bits per heavy atom. The summed E-state index contributed by atoms with van der Waals surface area (Å²) in [4.78, 5) is 14.2. The van der Waals surface area contributed by atoms with Crippen molar-refractivity contribution in [1.82, 2.24) is 0 Å². The van der Waals surface area contributed by atoms with Gasteiger partial charge >= 0.3 is 5.97 Å². The molecule has 1 aromatic rings. The highest BCUT2D eigenvalue weighted by atomic mass is 32.1. The van der Waals surface area contributed by atoms with Gasteiger partial charge in [-0.3, -0.25) is 5.26 Å². The lowest BCUT2D eigenvalue weighted by Crippen LogP contribution is -1.99. The van der Waals surface area contributed by atoms with Crippen molar-refractivity contribution in [2.24, 2.45) is 0 Å². The molecule has 2 N–H and O–H groups in total. The van der Waals surface area contributed by atoms with Crippen LogP contribution in [0.15, 0.2) is 10.8 Å². The van der Waals surface area contributed by atoms with Gasteiger partial charge in [-0.05, 0) is 5.38 Å². The number of rotatable bonds is 3. The first-order valence-corrected chi connectivity index (χ1v) is 3.74. The average molecular weight is 174 g/mol. The van der Waals surface area contributed by atoms with Crippen molar-refractivity contribution in [2.45, 2.75) is 6.61 Å². The third kappa shape index (κ3) is 1.76. The van der Waals surface area contributed by atoms with Crippen LogP contribution in [0.4, 0.5) is 0 Å². The molecule has 0 bridgehead atoms. The van der Waals surface area contributed by atoms with Crippen LogP contribution in [0.5, 0.6) is 0 Å². The van der Waals surface area contributed by atoms with E-state index >= 15 is 0 Å². The number of thiophene rings is 1. The first-order valence-electron chi connectivity index (χ1n) is 2.80. The molecule has 1 rings (SSSR count). The standard InChI is InChI=1S/C6H6O4S/c7-6(8)5-3-11-2-4(5)1-10-9/h2-3,9H,1H2,(H,7,8). The minimum atomic E-state index is -1.00. The lowest BCUT2D eigenvalue weighted by Gasteiger charge is -1.94. The van der Waals surface area contributed by atoms with Crippen LogP contribution in [0.3, 0.4) is 0 Å². The van der Waals surface area contributed by atoms with Crippen LogP contribution in [0.1, 0.15) is 15.9 Å². The number of hydrogen-bond donors (Lipinski definition) is 2. The Kier molecular flexibility index (Phi) is 2.58.